The molecule has 3 heterocycles. The fourth-order valence-electron chi connectivity index (χ4n) is 2.58. The lowest BCUT2D eigenvalue weighted by atomic mass is 9.96. The molecule has 0 unspecified atom stereocenters. The summed E-state index contributed by atoms with van der Waals surface area (Å²) in [6, 6.07) is 0. The van der Waals surface area contributed by atoms with E-state index in [4.69, 9.17) is 10.8 Å². The molecule has 3 rings (SSSR count). The molecule has 0 bridgehead atoms. The molecule has 1 aliphatic rings. The molecular formula is C11H11F4N5O5. The van der Waals surface area contributed by atoms with Crippen LogP contribution in [0.4, 0.5) is 23.6 Å². The van der Waals surface area contributed by atoms with Gasteiger partial charge in [-0.25, -0.2) is 13.8 Å². The van der Waals surface area contributed by atoms with Gasteiger partial charge in [0.25, 0.3) is 6.43 Å². The summed E-state index contributed by atoms with van der Waals surface area (Å²) in [5, 5.41) is 28.8. The lowest BCUT2D eigenvalue weighted by Gasteiger charge is -2.29. The van der Waals surface area contributed by atoms with Crippen molar-refractivity contribution in [3.05, 3.63) is 16.7 Å². The van der Waals surface area contributed by atoms with Crippen LogP contribution in [0.15, 0.2) is 11.1 Å². The normalized spacial score (nSPS) is 32.8. The molecule has 0 aromatic carbocycles. The molecule has 0 amide bonds. The molecule has 0 aliphatic carbocycles. The van der Waals surface area contributed by atoms with E-state index in [-0.39, 0.29) is 4.57 Å². The van der Waals surface area contributed by atoms with Gasteiger partial charge in [0.05, 0.1) is 6.61 Å². The Labute approximate surface area is 134 Å². The summed E-state index contributed by atoms with van der Waals surface area (Å²) >= 11 is 0. The fourth-order valence-corrected chi connectivity index (χ4v) is 2.58. The number of nitrogens with two attached hydrogens (primary N) is 1. The van der Waals surface area contributed by atoms with Crippen LogP contribution in [-0.4, -0.2) is 65.5 Å². The van der Waals surface area contributed by atoms with Gasteiger partial charge >= 0.3 is 11.5 Å². The van der Waals surface area contributed by atoms with Crippen molar-refractivity contribution in [2.75, 3.05) is 12.3 Å². The summed E-state index contributed by atoms with van der Waals surface area (Å²) in [7, 11) is 0. The van der Waals surface area contributed by atoms with Gasteiger partial charge in [0.2, 0.25) is 5.95 Å². The molecule has 5 N–H and O–H groups in total. The molecule has 138 valence electrons. The van der Waals surface area contributed by atoms with Gasteiger partial charge in [-0.1, -0.05) is 4.48 Å². The van der Waals surface area contributed by atoms with Crippen LogP contribution in [0.5, 0.6) is 0 Å². The van der Waals surface area contributed by atoms with E-state index in [9.17, 15) is 28.3 Å². The first kappa shape index (κ1) is 17.5. The van der Waals surface area contributed by atoms with Gasteiger partial charge in [0.1, 0.15) is 12.4 Å². The zero-order valence-electron chi connectivity index (χ0n) is 12.1. The van der Waals surface area contributed by atoms with Crippen molar-refractivity contribution < 1.29 is 37.7 Å². The third-order valence-electron chi connectivity index (χ3n) is 3.99. The number of imidazole rings is 1. The summed E-state index contributed by atoms with van der Waals surface area (Å²) in [6.07, 6.45) is -8.23. The van der Waals surface area contributed by atoms with Crippen LogP contribution in [0, 0.1) is 0 Å². The Hall–Kier alpha value is -2.29. The number of nitrogen functional groups attached to an aromatic ring is 1. The Morgan fingerprint density at radius 1 is 1.40 bits per heavy atom. The van der Waals surface area contributed by atoms with E-state index < -0.39 is 64.3 Å². The molecule has 2 aromatic heterocycles. The third-order valence-corrected chi connectivity index (χ3v) is 3.99. The number of rotatable bonds is 3. The first-order chi connectivity index (χ1) is 11.6. The minimum atomic E-state index is -3.60. The van der Waals surface area contributed by atoms with Crippen molar-refractivity contribution in [3.63, 3.8) is 0 Å². The summed E-state index contributed by atoms with van der Waals surface area (Å²) in [5.74, 6) is -4.60. The van der Waals surface area contributed by atoms with E-state index in [1.807, 2.05) is 0 Å². The van der Waals surface area contributed by atoms with Crippen molar-refractivity contribution in [1.29, 1.82) is 0 Å². The molecule has 0 saturated carbocycles. The summed E-state index contributed by atoms with van der Waals surface area (Å²) < 4.78 is 59.7. The van der Waals surface area contributed by atoms with Crippen LogP contribution in [0.2, 0.25) is 0 Å². The number of anilines is 1. The summed E-state index contributed by atoms with van der Waals surface area (Å²) in [6.45, 7) is -1.53. The topological polar surface area (TPSA) is 149 Å². The predicted octanol–water partition coefficient (Wildman–Crippen LogP) is -1.76. The maximum absolute atomic E-state index is 15.2. The van der Waals surface area contributed by atoms with Crippen molar-refractivity contribution in [3.8, 4) is 0 Å². The van der Waals surface area contributed by atoms with Gasteiger partial charge in [-0.15, -0.1) is 4.79 Å². The zero-order valence-corrected chi connectivity index (χ0v) is 12.1. The molecule has 1 fully saturated rings. The highest BCUT2D eigenvalue weighted by molar-refractivity contribution is 5.71. The second-order valence-corrected chi connectivity index (χ2v) is 5.36. The molecule has 4 atom stereocenters. The van der Waals surface area contributed by atoms with E-state index in [1.54, 1.807) is 0 Å². The smallest absolute Gasteiger partial charge is 0.326 e. The Kier molecular flexibility index (Phi) is 3.75. The van der Waals surface area contributed by atoms with Crippen LogP contribution in [0.1, 0.15) is 0 Å². The first-order valence-corrected chi connectivity index (χ1v) is 6.66. The lowest BCUT2D eigenvalue weighted by Crippen LogP contribution is -2.52. The van der Waals surface area contributed by atoms with E-state index >= 15 is 4.39 Å². The van der Waals surface area contributed by atoms with Gasteiger partial charge in [0, 0.05) is 0 Å². The Bertz CT molecular complexity index is 890. The Morgan fingerprint density at radius 3 is 2.56 bits per heavy atom. The highest BCUT2D eigenvalue weighted by Crippen LogP contribution is 2.46. The maximum atomic E-state index is 15.2. The number of aromatic nitrogens is 4. The van der Waals surface area contributed by atoms with E-state index in [0.717, 1.165) is 0 Å². The highest BCUT2D eigenvalue weighted by Gasteiger charge is 2.68. The highest BCUT2D eigenvalue weighted by atomic mass is 19.3. The van der Waals surface area contributed by atoms with Crippen molar-refractivity contribution in [2.45, 2.75) is 30.2 Å². The van der Waals surface area contributed by atoms with Crippen molar-refractivity contribution >= 4 is 17.1 Å². The molecule has 10 nitrogen and oxygen atoms in total. The largest absolute Gasteiger partial charge is 0.393 e. The quantitative estimate of drug-likeness (QED) is 0.465. The van der Waals surface area contributed by atoms with Crippen LogP contribution < -0.4 is 11.3 Å². The molecule has 2 aromatic rings. The fraction of sp³-hybridized carbons (Fsp3) is 0.545. The summed E-state index contributed by atoms with van der Waals surface area (Å²) in [4.78, 5) is 17.9. The number of alkyl halides is 3. The molecule has 14 heteroatoms. The standard InChI is InChI=1S/C11H11F4N5O5/c12-8(13)10(1-21)4(22)5(23)11(14,25-10)19-2-17-3-6(19)18-9(16)20(15)7(3)24/h2,4-5,8,21-23H,1H2,(H2,16,18)/t4-,5+,10+,11-/m0/s1. The van der Waals surface area contributed by atoms with E-state index in [1.165, 1.54) is 0 Å². The number of aliphatic hydroxyl groups excluding tert-OH is 3. The molecule has 0 spiro atoms. The van der Waals surface area contributed by atoms with Crippen LogP contribution in [-0.2, 0) is 10.7 Å². The number of hydrogen-bond donors (Lipinski definition) is 4. The maximum Gasteiger partial charge on any atom is 0.326 e. The van der Waals surface area contributed by atoms with Crippen molar-refractivity contribution in [1.82, 2.24) is 19.3 Å². The minimum absolute atomic E-state index is 0.202. The average molecular weight is 369 g/mol. The van der Waals surface area contributed by atoms with Crippen molar-refractivity contribution in [2.24, 2.45) is 0 Å². The molecule has 1 saturated heterocycles. The lowest BCUT2D eigenvalue weighted by molar-refractivity contribution is -0.285. The van der Waals surface area contributed by atoms with Crippen LogP contribution in [0.25, 0.3) is 11.2 Å². The monoisotopic (exact) mass is 369 g/mol. The van der Waals surface area contributed by atoms with Gasteiger partial charge in [-0.05, 0) is 0 Å². The summed E-state index contributed by atoms with van der Waals surface area (Å²) in [5.41, 5.74) is -0.884. The Balaban J connectivity index is 2.23. The number of hydrogen-bond acceptors (Lipinski definition) is 8. The SMILES string of the molecule is Nc1nc2c(ncn2[C@]2(F)O[C@@](CO)(C(F)F)[C@@H](O)[C@H]2O)c(=O)n1F. The minimum Gasteiger partial charge on any atom is -0.393 e. The molecular weight excluding hydrogens is 358 g/mol. The Morgan fingerprint density at radius 2 is 2.04 bits per heavy atom. The van der Waals surface area contributed by atoms with Gasteiger partial charge in [-0.3, -0.25) is 9.36 Å². The van der Waals surface area contributed by atoms with Crippen LogP contribution >= 0.6 is 0 Å². The van der Waals surface area contributed by atoms with Gasteiger partial charge < -0.3 is 25.8 Å². The first-order valence-electron chi connectivity index (χ1n) is 6.66. The second-order valence-electron chi connectivity index (χ2n) is 5.36. The number of ether oxygens (including phenoxy) is 1. The number of halogens is 4. The number of nitrogens with zero attached hydrogens (tertiary/aromatic N) is 4. The number of aliphatic hydroxyl groups is 3. The van der Waals surface area contributed by atoms with Crippen LogP contribution in [0.3, 0.4) is 0 Å². The van der Waals surface area contributed by atoms with Gasteiger partial charge in [-0.2, -0.15) is 9.37 Å². The third kappa shape index (κ3) is 2.08. The molecule has 25 heavy (non-hydrogen) atoms. The average Bonchev–Trinajstić information content (AvgIpc) is 3.07. The zero-order chi connectivity index (χ0) is 18.7. The van der Waals surface area contributed by atoms with E-state index in [0.29, 0.717) is 6.33 Å². The predicted molar refractivity (Wildman–Crippen MR) is 70.7 cm³/mol. The second kappa shape index (κ2) is 5.35. The molecule has 1 aliphatic heterocycles. The number of fused-ring (bicyclic) bond motifs is 1. The van der Waals surface area contributed by atoms with Gasteiger partial charge in [0.15, 0.2) is 22.9 Å². The molecule has 0 radical (unpaired) electrons. The van der Waals surface area contributed by atoms with E-state index in [2.05, 4.69) is 14.7 Å².